The van der Waals surface area contributed by atoms with Gasteiger partial charge in [0.1, 0.15) is 5.75 Å². The molecule has 124 valence electrons. The molecule has 1 aromatic carbocycles. The Labute approximate surface area is 141 Å². The molecule has 5 heteroatoms. The number of nitrogens with two attached hydrogens (primary N) is 1. The number of carbonyl (C=O) groups excluding carboxylic acids is 1. The van der Waals surface area contributed by atoms with Crippen LogP contribution >= 0.6 is 11.3 Å². The predicted octanol–water partition coefficient (Wildman–Crippen LogP) is 3.47. The highest BCUT2D eigenvalue weighted by Gasteiger charge is 2.27. The van der Waals surface area contributed by atoms with Gasteiger partial charge in [-0.3, -0.25) is 4.79 Å². The summed E-state index contributed by atoms with van der Waals surface area (Å²) in [6.07, 6.45) is 4.54. The maximum atomic E-state index is 12.7. The van der Waals surface area contributed by atoms with Gasteiger partial charge >= 0.3 is 0 Å². The number of nitrogens with one attached hydrogen (secondary N) is 1. The van der Waals surface area contributed by atoms with Crippen molar-refractivity contribution in [2.45, 2.75) is 38.6 Å². The minimum Gasteiger partial charge on any atom is -0.497 e. The Morgan fingerprint density at radius 2 is 2.17 bits per heavy atom. The van der Waals surface area contributed by atoms with Gasteiger partial charge in [0.15, 0.2) is 0 Å². The summed E-state index contributed by atoms with van der Waals surface area (Å²) in [6.45, 7) is 2.65. The Balaban J connectivity index is 1.84. The van der Waals surface area contributed by atoms with E-state index in [0.29, 0.717) is 12.5 Å². The monoisotopic (exact) mass is 332 g/mol. The van der Waals surface area contributed by atoms with Gasteiger partial charge in [-0.2, -0.15) is 0 Å². The van der Waals surface area contributed by atoms with Crippen LogP contribution < -0.4 is 15.8 Å². The summed E-state index contributed by atoms with van der Waals surface area (Å²) < 4.78 is 6.41. The number of aryl methyl sites for hydroxylation is 1. The molecule has 0 aliphatic heterocycles. The number of rotatable bonds is 4. The maximum absolute atomic E-state index is 12.7. The van der Waals surface area contributed by atoms with Crippen LogP contribution in [0.3, 0.4) is 0 Å². The molecule has 0 spiro atoms. The molecule has 2 unspecified atom stereocenters. The predicted molar refractivity (Wildman–Crippen MR) is 95.4 cm³/mol. The van der Waals surface area contributed by atoms with Crippen molar-refractivity contribution in [1.29, 1.82) is 0 Å². The molecule has 0 bridgehead atoms. The lowest BCUT2D eigenvalue weighted by Crippen LogP contribution is -2.44. The number of hydrogen-bond acceptors (Lipinski definition) is 4. The van der Waals surface area contributed by atoms with E-state index < -0.39 is 0 Å². The second-order valence-corrected chi connectivity index (χ2v) is 7.33. The maximum Gasteiger partial charge on any atom is 0.261 e. The minimum absolute atomic E-state index is 0.0352. The van der Waals surface area contributed by atoms with E-state index in [1.165, 1.54) is 12.8 Å². The second-order valence-electron chi connectivity index (χ2n) is 6.28. The lowest BCUT2D eigenvalue weighted by atomic mass is 9.84. The summed E-state index contributed by atoms with van der Waals surface area (Å²) in [5.74, 6) is 1.26. The van der Waals surface area contributed by atoms with Gasteiger partial charge in [-0.15, -0.1) is 11.3 Å². The summed E-state index contributed by atoms with van der Waals surface area (Å²) in [5.41, 5.74) is 6.90. The van der Waals surface area contributed by atoms with Crippen LogP contribution in [0.5, 0.6) is 5.75 Å². The second kappa shape index (κ2) is 6.89. The molecular formula is C18H24N2O2S. The standard InChI is InChI=1S/C18H24N2O2S/c1-11-14-9-13(22-2)7-8-16(14)23-17(11)18(21)20-15-6-4-3-5-12(15)10-19/h7-9,12,15H,3-6,10,19H2,1-2H3,(H,20,21). The van der Waals surface area contributed by atoms with E-state index in [1.54, 1.807) is 18.4 Å². The van der Waals surface area contributed by atoms with E-state index in [0.717, 1.165) is 39.1 Å². The van der Waals surface area contributed by atoms with Gasteiger partial charge in [0, 0.05) is 10.7 Å². The van der Waals surface area contributed by atoms with E-state index in [9.17, 15) is 4.79 Å². The molecule has 1 aliphatic carbocycles. The molecule has 1 aromatic heterocycles. The Hall–Kier alpha value is -1.59. The Morgan fingerprint density at radius 1 is 1.39 bits per heavy atom. The zero-order chi connectivity index (χ0) is 16.4. The number of ether oxygens (including phenoxy) is 1. The molecule has 1 fully saturated rings. The van der Waals surface area contributed by atoms with Crippen molar-refractivity contribution in [2.24, 2.45) is 11.7 Å². The quantitative estimate of drug-likeness (QED) is 0.901. The normalized spacial score (nSPS) is 21.3. The van der Waals surface area contributed by atoms with Gasteiger partial charge in [-0.1, -0.05) is 12.8 Å². The molecule has 2 atom stereocenters. The van der Waals surface area contributed by atoms with E-state index in [2.05, 4.69) is 5.32 Å². The summed E-state index contributed by atoms with van der Waals surface area (Å²) in [5, 5.41) is 4.32. The third-order valence-corrected chi connectivity index (χ3v) is 6.15. The van der Waals surface area contributed by atoms with Crippen LogP contribution in [-0.4, -0.2) is 25.6 Å². The zero-order valence-electron chi connectivity index (χ0n) is 13.7. The smallest absolute Gasteiger partial charge is 0.261 e. The third-order valence-electron chi connectivity index (χ3n) is 4.88. The number of carbonyl (C=O) groups is 1. The first-order chi connectivity index (χ1) is 11.1. The van der Waals surface area contributed by atoms with Crippen LogP contribution in [0.25, 0.3) is 10.1 Å². The summed E-state index contributed by atoms with van der Waals surface area (Å²) in [4.78, 5) is 13.5. The summed E-state index contributed by atoms with van der Waals surface area (Å²) in [7, 11) is 1.66. The van der Waals surface area contributed by atoms with E-state index >= 15 is 0 Å². The molecule has 0 saturated heterocycles. The zero-order valence-corrected chi connectivity index (χ0v) is 14.5. The number of thiophene rings is 1. The van der Waals surface area contributed by atoms with Crippen LogP contribution in [0.2, 0.25) is 0 Å². The van der Waals surface area contributed by atoms with Gasteiger partial charge in [-0.05, 0) is 61.4 Å². The molecule has 0 radical (unpaired) electrons. The van der Waals surface area contributed by atoms with Crippen LogP contribution in [0.1, 0.15) is 40.9 Å². The summed E-state index contributed by atoms with van der Waals surface area (Å²) >= 11 is 1.55. The SMILES string of the molecule is COc1ccc2sc(C(=O)NC3CCCCC3CN)c(C)c2c1. The van der Waals surface area contributed by atoms with E-state index in [-0.39, 0.29) is 11.9 Å². The highest BCUT2D eigenvalue weighted by Crippen LogP contribution is 2.34. The number of fused-ring (bicyclic) bond motifs is 1. The van der Waals surface area contributed by atoms with E-state index in [1.807, 2.05) is 25.1 Å². The number of methoxy groups -OCH3 is 1. The van der Waals surface area contributed by atoms with Gasteiger partial charge in [0.05, 0.1) is 12.0 Å². The van der Waals surface area contributed by atoms with Crippen LogP contribution in [0.15, 0.2) is 18.2 Å². The Bertz CT molecular complexity index is 710. The topological polar surface area (TPSA) is 64.3 Å². The van der Waals surface area contributed by atoms with Crippen LogP contribution in [-0.2, 0) is 0 Å². The molecule has 1 heterocycles. The molecule has 23 heavy (non-hydrogen) atoms. The molecule has 1 aliphatic rings. The van der Waals surface area contributed by atoms with Gasteiger partial charge in [0.2, 0.25) is 0 Å². The first-order valence-corrected chi connectivity index (χ1v) is 9.03. The molecule has 1 saturated carbocycles. The van der Waals surface area contributed by atoms with Gasteiger partial charge in [0.25, 0.3) is 5.91 Å². The van der Waals surface area contributed by atoms with Crippen LogP contribution in [0, 0.1) is 12.8 Å². The summed E-state index contributed by atoms with van der Waals surface area (Å²) in [6, 6.07) is 6.17. The lowest BCUT2D eigenvalue weighted by Gasteiger charge is -2.31. The fraction of sp³-hybridized carbons (Fsp3) is 0.500. The first-order valence-electron chi connectivity index (χ1n) is 8.22. The average molecular weight is 332 g/mol. The number of hydrogen-bond donors (Lipinski definition) is 2. The molecule has 4 nitrogen and oxygen atoms in total. The fourth-order valence-corrected chi connectivity index (χ4v) is 4.55. The van der Waals surface area contributed by atoms with Gasteiger partial charge < -0.3 is 15.8 Å². The third kappa shape index (κ3) is 3.21. The molecule has 2 aromatic rings. The van der Waals surface area contributed by atoms with Crippen molar-refractivity contribution in [3.8, 4) is 5.75 Å². The largest absolute Gasteiger partial charge is 0.497 e. The number of benzene rings is 1. The highest BCUT2D eigenvalue weighted by molar-refractivity contribution is 7.21. The Kier molecular flexibility index (Phi) is 4.87. The molecule has 3 N–H and O–H groups in total. The lowest BCUT2D eigenvalue weighted by molar-refractivity contribution is 0.0912. The first kappa shape index (κ1) is 16.3. The van der Waals surface area contributed by atoms with Crippen molar-refractivity contribution >= 4 is 27.3 Å². The van der Waals surface area contributed by atoms with Crippen molar-refractivity contribution in [3.05, 3.63) is 28.6 Å². The molecular weight excluding hydrogens is 308 g/mol. The Morgan fingerprint density at radius 3 is 2.91 bits per heavy atom. The van der Waals surface area contributed by atoms with Crippen molar-refractivity contribution in [2.75, 3.05) is 13.7 Å². The van der Waals surface area contributed by atoms with Crippen molar-refractivity contribution in [3.63, 3.8) is 0 Å². The average Bonchev–Trinajstić information content (AvgIpc) is 2.91. The fourth-order valence-electron chi connectivity index (χ4n) is 3.46. The number of amides is 1. The van der Waals surface area contributed by atoms with Crippen molar-refractivity contribution in [1.82, 2.24) is 5.32 Å². The minimum atomic E-state index is 0.0352. The highest BCUT2D eigenvalue weighted by atomic mass is 32.1. The van der Waals surface area contributed by atoms with E-state index in [4.69, 9.17) is 10.5 Å². The molecule has 1 amide bonds. The van der Waals surface area contributed by atoms with Crippen molar-refractivity contribution < 1.29 is 9.53 Å². The van der Waals surface area contributed by atoms with Gasteiger partial charge in [-0.25, -0.2) is 0 Å². The van der Waals surface area contributed by atoms with Crippen LogP contribution in [0.4, 0.5) is 0 Å². The molecule has 3 rings (SSSR count).